The standard InChI is InChI=1S/C10H11NO3/c12-6-3-4-1-2-5(6)8-7(4)9(13)11-10(8)14/h4-5,7-8H,1-3H2,(H,11,13,14)/t4?,5-,7+,8?/m1/s1. The third-order valence-corrected chi connectivity index (χ3v) is 3.91. The van der Waals surface area contributed by atoms with Crippen molar-refractivity contribution < 1.29 is 14.4 Å². The zero-order chi connectivity index (χ0) is 9.87. The summed E-state index contributed by atoms with van der Waals surface area (Å²) in [5.41, 5.74) is 0. The Bertz CT molecular complexity index is 349. The van der Waals surface area contributed by atoms with Crippen LogP contribution in [0.1, 0.15) is 19.3 Å². The predicted molar refractivity (Wildman–Crippen MR) is 46.0 cm³/mol. The van der Waals surface area contributed by atoms with Crippen molar-refractivity contribution in [2.24, 2.45) is 23.7 Å². The highest BCUT2D eigenvalue weighted by Gasteiger charge is 2.57. The van der Waals surface area contributed by atoms with Crippen molar-refractivity contribution in [1.29, 1.82) is 0 Å². The summed E-state index contributed by atoms with van der Waals surface area (Å²) in [6.45, 7) is 0. The molecular formula is C10H11NO3. The fraction of sp³-hybridized carbons (Fsp3) is 0.700. The van der Waals surface area contributed by atoms with Crippen LogP contribution in [0.5, 0.6) is 0 Å². The molecule has 14 heavy (non-hydrogen) atoms. The second-order valence-electron chi connectivity index (χ2n) is 4.52. The topological polar surface area (TPSA) is 63.2 Å². The van der Waals surface area contributed by atoms with Crippen LogP contribution in [0.4, 0.5) is 0 Å². The normalized spacial score (nSPS) is 45.3. The maximum absolute atomic E-state index is 11.6. The summed E-state index contributed by atoms with van der Waals surface area (Å²) in [6.07, 6.45) is 2.23. The highest BCUT2D eigenvalue weighted by Crippen LogP contribution is 2.49. The number of rotatable bonds is 0. The second kappa shape index (κ2) is 2.43. The number of amides is 2. The van der Waals surface area contributed by atoms with Gasteiger partial charge in [0.1, 0.15) is 5.78 Å². The van der Waals surface area contributed by atoms with Crippen LogP contribution >= 0.6 is 0 Å². The van der Waals surface area contributed by atoms with E-state index in [1.165, 1.54) is 0 Å². The Morgan fingerprint density at radius 1 is 1.00 bits per heavy atom. The van der Waals surface area contributed by atoms with Crippen LogP contribution in [-0.4, -0.2) is 17.6 Å². The third-order valence-electron chi connectivity index (χ3n) is 3.91. The molecule has 1 saturated heterocycles. The molecule has 3 aliphatic carbocycles. The number of fused-ring (bicyclic) bond motifs is 2. The summed E-state index contributed by atoms with van der Waals surface area (Å²) in [4.78, 5) is 34.5. The summed E-state index contributed by atoms with van der Waals surface area (Å²) < 4.78 is 0. The maximum atomic E-state index is 11.6. The van der Waals surface area contributed by atoms with E-state index in [1.807, 2.05) is 0 Å². The SMILES string of the molecule is O=C1NC(=O)[C@H]2C3CC[C@H](C(=O)C3)C12. The van der Waals surface area contributed by atoms with Gasteiger partial charge in [0.2, 0.25) is 11.8 Å². The van der Waals surface area contributed by atoms with Gasteiger partial charge in [0.25, 0.3) is 0 Å². The Morgan fingerprint density at radius 2 is 1.71 bits per heavy atom. The lowest BCUT2D eigenvalue weighted by atomic mass is 9.59. The van der Waals surface area contributed by atoms with E-state index in [9.17, 15) is 14.4 Å². The van der Waals surface area contributed by atoms with Crippen LogP contribution < -0.4 is 5.32 Å². The average molecular weight is 193 g/mol. The first-order valence-corrected chi connectivity index (χ1v) is 5.06. The molecular weight excluding hydrogens is 182 g/mol. The van der Waals surface area contributed by atoms with E-state index in [1.54, 1.807) is 0 Å². The number of hydrogen-bond acceptors (Lipinski definition) is 3. The van der Waals surface area contributed by atoms with Gasteiger partial charge in [-0.2, -0.15) is 0 Å². The first-order chi connectivity index (χ1) is 6.68. The smallest absolute Gasteiger partial charge is 0.231 e. The molecule has 0 aromatic rings. The molecule has 2 unspecified atom stereocenters. The molecule has 4 rings (SSSR count). The molecule has 0 radical (unpaired) electrons. The summed E-state index contributed by atoms with van der Waals surface area (Å²) in [5.74, 6) is -0.751. The van der Waals surface area contributed by atoms with Gasteiger partial charge >= 0.3 is 0 Å². The summed E-state index contributed by atoms with van der Waals surface area (Å²) in [6, 6.07) is 0. The highest BCUT2D eigenvalue weighted by molar-refractivity contribution is 6.08. The number of carbonyl (C=O) groups excluding carboxylic acids is 3. The molecule has 0 spiro atoms. The van der Waals surface area contributed by atoms with Gasteiger partial charge in [0.15, 0.2) is 0 Å². The fourth-order valence-corrected chi connectivity index (χ4v) is 3.31. The van der Waals surface area contributed by atoms with Crippen LogP contribution in [0.2, 0.25) is 0 Å². The van der Waals surface area contributed by atoms with Gasteiger partial charge in [-0.05, 0) is 18.8 Å². The lowest BCUT2D eigenvalue weighted by molar-refractivity contribution is -0.143. The molecule has 2 bridgehead atoms. The number of nitrogens with one attached hydrogen (secondary N) is 1. The van der Waals surface area contributed by atoms with Crippen LogP contribution in [0, 0.1) is 23.7 Å². The Balaban J connectivity index is 2.04. The molecule has 4 fully saturated rings. The zero-order valence-electron chi connectivity index (χ0n) is 7.66. The lowest BCUT2D eigenvalue weighted by Gasteiger charge is -2.41. The van der Waals surface area contributed by atoms with Crippen molar-refractivity contribution >= 4 is 17.6 Å². The van der Waals surface area contributed by atoms with Crippen LogP contribution in [0.25, 0.3) is 0 Å². The number of Topliss-reactive ketones (excluding diaryl/α,β-unsaturated/α-hetero) is 1. The first-order valence-electron chi connectivity index (χ1n) is 5.06. The molecule has 0 aromatic heterocycles. The molecule has 74 valence electrons. The molecule has 1 N–H and O–H groups in total. The summed E-state index contributed by atoms with van der Waals surface area (Å²) in [5, 5.41) is 2.35. The number of imide groups is 1. The number of hydrogen-bond donors (Lipinski definition) is 1. The number of ketones is 1. The van der Waals surface area contributed by atoms with Gasteiger partial charge in [-0.25, -0.2) is 0 Å². The molecule has 3 saturated carbocycles. The van der Waals surface area contributed by atoms with Gasteiger partial charge in [0, 0.05) is 12.3 Å². The van der Waals surface area contributed by atoms with Crippen LogP contribution in [-0.2, 0) is 14.4 Å². The Hall–Kier alpha value is -1.19. The largest absolute Gasteiger partial charge is 0.299 e. The van der Waals surface area contributed by atoms with E-state index in [0.29, 0.717) is 6.42 Å². The van der Waals surface area contributed by atoms with E-state index in [0.717, 1.165) is 12.8 Å². The van der Waals surface area contributed by atoms with Crippen molar-refractivity contribution in [3.05, 3.63) is 0 Å². The minimum absolute atomic E-state index is 0.129. The molecule has 1 aliphatic heterocycles. The van der Waals surface area contributed by atoms with Crippen LogP contribution in [0.3, 0.4) is 0 Å². The molecule has 0 aromatic carbocycles. The average Bonchev–Trinajstić information content (AvgIpc) is 2.45. The second-order valence-corrected chi connectivity index (χ2v) is 4.52. The summed E-state index contributed by atoms with van der Waals surface area (Å²) >= 11 is 0. The molecule has 4 heteroatoms. The van der Waals surface area contributed by atoms with E-state index in [-0.39, 0.29) is 41.3 Å². The highest BCUT2D eigenvalue weighted by atomic mass is 16.2. The van der Waals surface area contributed by atoms with Crippen molar-refractivity contribution in [2.75, 3.05) is 0 Å². The number of carbonyl (C=O) groups is 3. The van der Waals surface area contributed by atoms with E-state index in [4.69, 9.17) is 0 Å². The Kier molecular flexibility index (Phi) is 1.42. The monoisotopic (exact) mass is 193 g/mol. The van der Waals surface area contributed by atoms with Gasteiger partial charge in [-0.1, -0.05) is 0 Å². The first kappa shape index (κ1) is 8.15. The zero-order valence-corrected chi connectivity index (χ0v) is 7.66. The predicted octanol–water partition coefficient (Wildman–Crippen LogP) is -0.126. The van der Waals surface area contributed by atoms with Crippen molar-refractivity contribution in [3.63, 3.8) is 0 Å². The minimum atomic E-state index is -0.331. The fourth-order valence-electron chi connectivity index (χ4n) is 3.31. The molecule has 4 nitrogen and oxygen atoms in total. The van der Waals surface area contributed by atoms with E-state index < -0.39 is 0 Å². The molecule has 1 heterocycles. The van der Waals surface area contributed by atoms with Crippen molar-refractivity contribution in [1.82, 2.24) is 5.32 Å². The Morgan fingerprint density at radius 3 is 2.43 bits per heavy atom. The van der Waals surface area contributed by atoms with E-state index in [2.05, 4.69) is 5.32 Å². The maximum Gasteiger partial charge on any atom is 0.231 e. The Labute approximate surface area is 81.0 Å². The van der Waals surface area contributed by atoms with Gasteiger partial charge in [-0.3, -0.25) is 19.7 Å². The van der Waals surface area contributed by atoms with E-state index >= 15 is 0 Å². The molecule has 2 amide bonds. The summed E-state index contributed by atoms with van der Waals surface area (Å²) in [7, 11) is 0. The van der Waals surface area contributed by atoms with Crippen molar-refractivity contribution in [3.8, 4) is 0 Å². The lowest BCUT2D eigenvalue weighted by Crippen LogP contribution is -2.46. The van der Waals surface area contributed by atoms with Gasteiger partial charge < -0.3 is 0 Å². The van der Waals surface area contributed by atoms with Crippen LogP contribution in [0.15, 0.2) is 0 Å². The molecule has 4 aliphatic rings. The molecule has 4 atom stereocenters. The minimum Gasteiger partial charge on any atom is -0.299 e. The van der Waals surface area contributed by atoms with Crippen molar-refractivity contribution in [2.45, 2.75) is 19.3 Å². The third kappa shape index (κ3) is 0.811. The van der Waals surface area contributed by atoms with Gasteiger partial charge in [-0.15, -0.1) is 0 Å². The van der Waals surface area contributed by atoms with Gasteiger partial charge in [0.05, 0.1) is 11.8 Å². The quantitative estimate of drug-likeness (QED) is 0.545.